The molecule has 2 saturated heterocycles. The molecule has 0 bridgehead atoms. The van der Waals surface area contributed by atoms with E-state index in [4.69, 9.17) is 0 Å². The fraction of sp³-hybridized carbons (Fsp3) is 1.00. The van der Waals surface area contributed by atoms with Crippen molar-refractivity contribution in [2.45, 2.75) is 25.1 Å². The Balaban J connectivity index is 1.74. The van der Waals surface area contributed by atoms with Gasteiger partial charge in [-0.2, -0.15) is 13.2 Å². The van der Waals surface area contributed by atoms with E-state index in [1.54, 1.807) is 0 Å². The standard InChI is InChI=1S/C9H15F3N2/c10-9(11,12)2-4-14-5-7-1-3-13-8(7)6-14/h7-8,13H,1-6H2/t7-,8+/m0/s1. The van der Waals surface area contributed by atoms with E-state index in [-0.39, 0.29) is 6.54 Å². The lowest BCUT2D eigenvalue weighted by Gasteiger charge is -2.17. The zero-order chi connectivity index (χ0) is 10.2. The van der Waals surface area contributed by atoms with Crippen LogP contribution in [0.25, 0.3) is 0 Å². The Bertz CT molecular complexity index is 193. The number of nitrogens with one attached hydrogen (secondary N) is 1. The molecule has 2 nitrogen and oxygen atoms in total. The normalized spacial score (nSPS) is 33.6. The molecule has 0 aromatic heterocycles. The number of likely N-dealkylation sites (tertiary alicyclic amines) is 1. The third-order valence-electron chi connectivity index (χ3n) is 3.15. The van der Waals surface area contributed by atoms with Gasteiger partial charge in [0.05, 0.1) is 6.42 Å². The monoisotopic (exact) mass is 208 g/mol. The first-order valence-corrected chi connectivity index (χ1v) is 5.07. The molecular weight excluding hydrogens is 193 g/mol. The van der Waals surface area contributed by atoms with Crippen LogP contribution in [0.3, 0.4) is 0 Å². The van der Waals surface area contributed by atoms with Crippen LogP contribution in [-0.2, 0) is 0 Å². The molecule has 1 N–H and O–H groups in total. The van der Waals surface area contributed by atoms with Gasteiger partial charge in [0.2, 0.25) is 0 Å². The Hall–Kier alpha value is -0.290. The number of nitrogens with zero attached hydrogens (tertiary/aromatic N) is 1. The average molecular weight is 208 g/mol. The summed E-state index contributed by atoms with van der Waals surface area (Å²) in [7, 11) is 0. The number of hydrogen-bond donors (Lipinski definition) is 1. The smallest absolute Gasteiger partial charge is 0.312 e. The Labute approximate surface area is 81.5 Å². The second-order valence-corrected chi connectivity index (χ2v) is 4.23. The molecule has 0 aliphatic carbocycles. The minimum absolute atomic E-state index is 0.165. The fourth-order valence-electron chi connectivity index (χ4n) is 2.41. The van der Waals surface area contributed by atoms with E-state index in [0.717, 1.165) is 26.1 Å². The van der Waals surface area contributed by atoms with Crippen molar-refractivity contribution in [2.24, 2.45) is 5.92 Å². The van der Waals surface area contributed by atoms with Crippen molar-refractivity contribution < 1.29 is 13.2 Å². The topological polar surface area (TPSA) is 15.3 Å². The van der Waals surface area contributed by atoms with Gasteiger partial charge < -0.3 is 10.2 Å². The lowest BCUT2D eigenvalue weighted by Crippen LogP contribution is -2.32. The molecule has 0 unspecified atom stereocenters. The molecule has 0 aromatic carbocycles. The number of alkyl halides is 3. The van der Waals surface area contributed by atoms with Gasteiger partial charge in [0.25, 0.3) is 0 Å². The minimum atomic E-state index is -4.01. The van der Waals surface area contributed by atoms with Crippen molar-refractivity contribution in [2.75, 3.05) is 26.2 Å². The van der Waals surface area contributed by atoms with Crippen LogP contribution in [0.15, 0.2) is 0 Å². The zero-order valence-corrected chi connectivity index (χ0v) is 7.98. The minimum Gasteiger partial charge on any atom is -0.312 e. The molecule has 14 heavy (non-hydrogen) atoms. The first kappa shape index (κ1) is 10.2. The van der Waals surface area contributed by atoms with Crippen molar-refractivity contribution in [1.29, 1.82) is 0 Å². The molecule has 2 heterocycles. The van der Waals surface area contributed by atoms with E-state index >= 15 is 0 Å². The third-order valence-corrected chi connectivity index (χ3v) is 3.15. The first-order valence-electron chi connectivity index (χ1n) is 5.07. The molecule has 5 heteroatoms. The largest absolute Gasteiger partial charge is 0.390 e. The molecule has 2 atom stereocenters. The van der Waals surface area contributed by atoms with Gasteiger partial charge in [-0.3, -0.25) is 0 Å². The van der Waals surface area contributed by atoms with Crippen LogP contribution in [0.4, 0.5) is 13.2 Å². The quantitative estimate of drug-likeness (QED) is 0.734. The van der Waals surface area contributed by atoms with Crippen LogP contribution in [0.1, 0.15) is 12.8 Å². The number of rotatable bonds is 2. The lowest BCUT2D eigenvalue weighted by molar-refractivity contribution is -0.137. The van der Waals surface area contributed by atoms with Gasteiger partial charge in [-0.1, -0.05) is 0 Å². The van der Waals surface area contributed by atoms with E-state index in [1.807, 2.05) is 4.90 Å². The summed E-state index contributed by atoms with van der Waals surface area (Å²) in [6.07, 6.45) is -3.56. The summed E-state index contributed by atoms with van der Waals surface area (Å²) in [4.78, 5) is 1.93. The van der Waals surface area contributed by atoms with Gasteiger partial charge in [-0.15, -0.1) is 0 Å². The van der Waals surface area contributed by atoms with E-state index in [0.29, 0.717) is 12.0 Å². The Morgan fingerprint density at radius 2 is 2.07 bits per heavy atom. The average Bonchev–Trinajstić information content (AvgIpc) is 2.56. The molecule has 0 amide bonds. The fourth-order valence-corrected chi connectivity index (χ4v) is 2.41. The molecule has 0 spiro atoms. The van der Waals surface area contributed by atoms with Crippen molar-refractivity contribution in [3.05, 3.63) is 0 Å². The number of halogens is 3. The Morgan fingerprint density at radius 1 is 1.29 bits per heavy atom. The maximum atomic E-state index is 12.0. The maximum Gasteiger partial charge on any atom is 0.390 e. The molecule has 2 fully saturated rings. The number of fused-ring (bicyclic) bond motifs is 1. The van der Waals surface area contributed by atoms with E-state index < -0.39 is 12.6 Å². The maximum absolute atomic E-state index is 12.0. The summed E-state index contributed by atoms with van der Waals surface area (Å²) in [6, 6.07) is 0.447. The number of hydrogen-bond acceptors (Lipinski definition) is 2. The Kier molecular flexibility index (Phi) is 2.70. The molecule has 0 aromatic rings. The summed E-state index contributed by atoms with van der Waals surface area (Å²) >= 11 is 0. The first-order chi connectivity index (χ1) is 6.54. The van der Waals surface area contributed by atoms with Crippen LogP contribution >= 0.6 is 0 Å². The van der Waals surface area contributed by atoms with Crippen LogP contribution in [0.2, 0.25) is 0 Å². The molecule has 82 valence electrons. The van der Waals surface area contributed by atoms with E-state index in [1.165, 1.54) is 0 Å². The highest BCUT2D eigenvalue weighted by molar-refractivity contribution is 4.93. The second kappa shape index (κ2) is 3.70. The summed E-state index contributed by atoms with van der Waals surface area (Å²) < 4.78 is 35.9. The highest BCUT2D eigenvalue weighted by Crippen LogP contribution is 2.26. The SMILES string of the molecule is FC(F)(F)CCN1C[C@@H]2CCN[C@@H]2C1. The Morgan fingerprint density at radius 3 is 2.71 bits per heavy atom. The highest BCUT2D eigenvalue weighted by Gasteiger charge is 2.37. The highest BCUT2D eigenvalue weighted by atomic mass is 19.4. The second-order valence-electron chi connectivity index (χ2n) is 4.23. The van der Waals surface area contributed by atoms with Crippen molar-refractivity contribution in [3.63, 3.8) is 0 Å². The van der Waals surface area contributed by atoms with Gasteiger partial charge in [-0.05, 0) is 18.9 Å². The summed E-state index contributed by atoms with van der Waals surface area (Å²) in [5.74, 6) is 0.586. The molecule has 2 rings (SSSR count). The van der Waals surface area contributed by atoms with Gasteiger partial charge in [0, 0.05) is 25.7 Å². The molecule has 2 aliphatic rings. The van der Waals surface area contributed by atoms with Crippen molar-refractivity contribution >= 4 is 0 Å². The summed E-state index contributed by atoms with van der Waals surface area (Å²) in [6.45, 7) is 2.83. The van der Waals surface area contributed by atoms with Gasteiger partial charge in [0.15, 0.2) is 0 Å². The van der Waals surface area contributed by atoms with Gasteiger partial charge in [0.1, 0.15) is 0 Å². The third kappa shape index (κ3) is 2.39. The predicted molar refractivity (Wildman–Crippen MR) is 47.0 cm³/mol. The van der Waals surface area contributed by atoms with E-state index in [9.17, 15) is 13.2 Å². The van der Waals surface area contributed by atoms with Crippen molar-refractivity contribution in [1.82, 2.24) is 10.2 Å². The van der Waals surface area contributed by atoms with E-state index in [2.05, 4.69) is 5.32 Å². The predicted octanol–water partition coefficient (Wildman–Crippen LogP) is 1.23. The molecule has 2 aliphatic heterocycles. The van der Waals surface area contributed by atoms with Crippen LogP contribution in [0, 0.1) is 5.92 Å². The molecular formula is C9H15F3N2. The lowest BCUT2D eigenvalue weighted by atomic mass is 10.1. The summed E-state index contributed by atoms with van der Waals surface area (Å²) in [5.41, 5.74) is 0. The summed E-state index contributed by atoms with van der Waals surface area (Å²) in [5, 5.41) is 3.32. The van der Waals surface area contributed by atoms with Crippen LogP contribution in [-0.4, -0.2) is 43.3 Å². The zero-order valence-electron chi connectivity index (χ0n) is 7.98. The van der Waals surface area contributed by atoms with Crippen molar-refractivity contribution in [3.8, 4) is 0 Å². The van der Waals surface area contributed by atoms with Gasteiger partial charge >= 0.3 is 6.18 Å². The van der Waals surface area contributed by atoms with Crippen LogP contribution < -0.4 is 5.32 Å². The molecule has 0 saturated carbocycles. The molecule has 0 radical (unpaired) electrons. The van der Waals surface area contributed by atoms with Crippen LogP contribution in [0.5, 0.6) is 0 Å². The van der Waals surface area contributed by atoms with Gasteiger partial charge in [-0.25, -0.2) is 0 Å².